The number of anilines is 1. The van der Waals surface area contributed by atoms with Crippen LogP contribution >= 0.6 is 11.6 Å². The molecule has 1 aromatic carbocycles. The van der Waals surface area contributed by atoms with E-state index in [1.54, 1.807) is 0 Å². The number of aromatic amines is 1. The monoisotopic (exact) mass is 280 g/mol. The number of nitrogens with zero attached hydrogens (tertiary/aromatic N) is 4. The molecule has 0 aliphatic heterocycles. The van der Waals surface area contributed by atoms with Gasteiger partial charge in [-0.1, -0.05) is 11.6 Å². The van der Waals surface area contributed by atoms with E-state index in [-0.39, 0.29) is 27.9 Å². The number of allylic oxidation sites excluding steroid dienone is 1. The number of nitrogens with one attached hydrogen (secondary N) is 2. The topological polar surface area (TPSA) is 111 Å². The van der Waals surface area contributed by atoms with Gasteiger partial charge >= 0.3 is 0 Å². The van der Waals surface area contributed by atoms with Crippen LogP contribution in [0, 0.1) is 17.1 Å². The number of H-pyrrole nitrogens is 1. The number of rotatable bonds is 3. The van der Waals surface area contributed by atoms with Gasteiger partial charge in [-0.05, 0) is 5.21 Å². The van der Waals surface area contributed by atoms with Gasteiger partial charge in [-0.15, -0.1) is 10.2 Å². The molecule has 1 heterocycles. The summed E-state index contributed by atoms with van der Waals surface area (Å²) in [7, 11) is 0. The van der Waals surface area contributed by atoms with Crippen LogP contribution in [0.4, 0.5) is 10.1 Å². The Morgan fingerprint density at radius 2 is 2.37 bits per heavy atom. The maximum Gasteiger partial charge on any atom is 0.216 e. The fourth-order valence-electron chi connectivity index (χ4n) is 1.22. The maximum absolute atomic E-state index is 13.2. The highest BCUT2D eigenvalue weighted by atomic mass is 35.5. The van der Waals surface area contributed by atoms with Crippen LogP contribution in [0.5, 0.6) is 5.75 Å². The summed E-state index contributed by atoms with van der Waals surface area (Å²) in [5, 5.41) is 33.6. The number of halogens is 2. The lowest BCUT2D eigenvalue weighted by molar-refractivity contribution is 0.475. The van der Waals surface area contributed by atoms with Crippen molar-refractivity contribution in [3.8, 4) is 11.8 Å². The number of phenols is 1. The van der Waals surface area contributed by atoms with E-state index in [0.717, 1.165) is 12.1 Å². The number of hydrogen-bond acceptors (Lipinski definition) is 6. The number of tetrazole rings is 1. The molecule has 3 N–H and O–H groups in total. The van der Waals surface area contributed by atoms with E-state index in [4.69, 9.17) is 16.9 Å². The van der Waals surface area contributed by atoms with Gasteiger partial charge in [0.2, 0.25) is 5.82 Å². The van der Waals surface area contributed by atoms with Crippen molar-refractivity contribution < 1.29 is 9.50 Å². The predicted octanol–water partition coefficient (Wildman–Crippen LogP) is 1.67. The molecule has 0 saturated heterocycles. The molecule has 9 heteroatoms. The third-order valence-corrected chi connectivity index (χ3v) is 2.41. The zero-order valence-electron chi connectivity index (χ0n) is 9.22. The molecule has 2 aromatic rings. The quantitative estimate of drug-likeness (QED) is 0.583. The van der Waals surface area contributed by atoms with Gasteiger partial charge in [-0.25, -0.2) is 4.39 Å². The van der Waals surface area contributed by atoms with E-state index >= 15 is 0 Å². The average Bonchev–Trinajstić information content (AvgIpc) is 2.90. The van der Waals surface area contributed by atoms with Crippen LogP contribution in [0.2, 0.25) is 5.02 Å². The third-order valence-electron chi connectivity index (χ3n) is 2.12. The van der Waals surface area contributed by atoms with Gasteiger partial charge in [0.25, 0.3) is 0 Å². The second kappa shape index (κ2) is 5.32. The van der Waals surface area contributed by atoms with Gasteiger partial charge < -0.3 is 10.4 Å². The molecule has 2 rings (SSSR count). The van der Waals surface area contributed by atoms with Gasteiger partial charge in [-0.2, -0.15) is 10.5 Å². The highest BCUT2D eigenvalue weighted by Gasteiger charge is 2.09. The second-order valence-corrected chi connectivity index (χ2v) is 3.74. The molecule has 0 aliphatic rings. The number of aromatic nitrogens is 4. The maximum atomic E-state index is 13.2. The van der Waals surface area contributed by atoms with Crippen molar-refractivity contribution in [2.75, 3.05) is 5.32 Å². The molecule has 0 spiro atoms. The number of benzene rings is 1. The van der Waals surface area contributed by atoms with Crippen LogP contribution in [0.15, 0.2) is 18.3 Å². The Kier molecular flexibility index (Phi) is 3.58. The summed E-state index contributed by atoms with van der Waals surface area (Å²) >= 11 is 5.49. The molecule has 0 unspecified atom stereocenters. The Hall–Kier alpha value is -2.66. The van der Waals surface area contributed by atoms with Crippen molar-refractivity contribution in [3.05, 3.63) is 35.0 Å². The Morgan fingerprint density at radius 3 is 3.00 bits per heavy atom. The average molecular weight is 281 g/mol. The van der Waals surface area contributed by atoms with Crippen LogP contribution < -0.4 is 5.32 Å². The standard InChI is InChI=1S/C10H6ClFN6O/c11-6-1-9(19)8(2-7(6)12)14-4-5(3-13)10-15-17-18-16-10/h1-2,4,14,19H,(H,15,16,17,18). The van der Waals surface area contributed by atoms with E-state index < -0.39 is 5.82 Å². The lowest BCUT2D eigenvalue weighted by Crippen LogP contribution is -1.94. The highest BCUT2D eigenvalue weighted by molar-refractivity contribution is 6.31. The molecule has 0 saturated carbocycles. The molecule has 0 bridgehead atoms. The fraction of sp³-hybridized carbons (Fsp3) is 0. The van der Waals surface area contributed by atoms with Crippen LogP contribution in [0.25, 0.3) is 5.57 Å². The van der Waals surface area contributed by atoms with Gasteiger partial charge in [0, 0.05) is 18.3 Å². The lowest BCUT2D eigenvalue weighted by atomic mass is 10.2. The van der Waals surface area contributed by atoms with Crippen molar-refractivity contribution in [1.29, 1.82) is 5.26 Å². The van der Waals surface area contributed by atoms with E-state index in [1.165, 1.54) is 6.20 Å². The van der Waals surface area contributed by atoms with E-state index in [9.17, 15) is 9.50 Å². The van der Waals surface area contributed by atoms with Gasteiger partial charge in [0.05, 0.1) is 10.7 Å². The molecule has 7 nitrogen and oxygen atoms in total. The molecule has 0 aliphatic carbocycles. The first kappa shape index (κ1) is 12.8. The first-order valence-corrected chi connectivity index (χ1v) is 5.28. The molecule has 0 amide bonds. The number of nitriles is 1. The van der Waals surface area contributed by atoms with Crippen LogP contribution in [-0.4, -0.2) is 25.7 Å². The summed E-state index contributed by atoms with van der Waals surface area (Å²) in [6.45, 7) is 0. The van der Waals surface area contributed by atoms with Crippen molar-refractivity contribution >= 4 is 22.9 Å². The number of phenolic OH excluding ortho intramolecular Hbond substituents is 1. The van der Waals surface area contributed by atoms with Crippen molar-refractivity contribution in [1.82, 2.24) is 20.6 Å². The van der Waals surface area contributed by atoms with Crippen LogP contribution in [-0.2, 0) is 0 Å². The lowest BCUT2D eigenvalue weighted by Gasteiger charge is -2.05. The third kappa shape index (κ3) is 2.78. The first-order valence-electron chi connectivity index (χ1n) is 4.90. The Bertz CT molecular complexity index is 663. The summed E-state index contributed by atoms with van der Waals surface area (Å²) in [6, 6.07) is 3.88. The van der Waals surface area contributed by atoms with Crippen LogP contribution in [0.3, 0.4) is 0 Å². The Balaban J connectivity index is 2.27. The minimum Gasteiger partial charge on any atom is -0.506 e. The summed E-state index contributed by atoms with van der Waals surface area (Å²) in [5.74, 6) is -0.884. The van der Waals surface area contributed by atoms with Crippen LogP contribution in [0.1, 0.15) is 5.82 Å². The van der Waals surface area contributed by atoms with E-state index in [1.807, 2.05) is 6.07 Å². The van der Waals surface area contributed by atoms with Gasteiger partial charge in [0.1, 0.15) is 23.2 Å². The summed E-state index contributed by atoms with van der Waals surface area (Å²) < 4.78 is 13.2. The minimum atomic E-state index is -0.701. The minimum absolute atomic E-state index is 0.0538. The zero-order valence-corrected chi connectivity index (χ0v) is 9.98. The normalized spacial score (nSPS) is 11.1. The van der Waals surface area contributed by atoms with Crippen molar-refractivity contribution in [2.45, 2.75) is 0 Å². The summed E-state index contributed by atoms with van der Waals surface area (Å²) in [5.41, 5.74) is 0.113. The number of aromatic hydroxyl groups is 1. The number of hydrogen-bond donors (Lipinski definition) is 3. The highest BCUT2D eigenvalue weighted by Crippen LogP contribution is 2.29. The Morgan fingerprint density at radius 1 is 1.58 bits per heavy atom. The predicted molar refractivity (Wildman–Crippen MR) is 64.5 cm³/mol. The molecular formula is C10H6ClFN6O. The van der Waals surface area contributed by atoms with Crippen molar-refractivity contribution in [3.63, 3.8) is 0 Å². The largest absolute Gasteiger partial charge is 0.506 e. The van der Waals surface area contributed by atoms with Gasteiger partial charge in [0.15, 0.2) is 0 Å². The molecule has 19 heavy (non-hydrogen) atoms. The van der Waals surface area contributed by atoms with E-state index in [0.29, 0.717) is 0 Å². The molecule has 0 radical (unpaired) electrons. The summed E-state index contributed by atoms with van der Waals surface area (Å²) in [4.78, 5) is 0. The molecule has 0 fully saturated rings. The molecule has 0 atom stereocenters. The SMILES string of the molecule is N#CC(=CNc1cc(F)c(Cl)cc1O)c1nn[nH]n1. The fourth-order valence-corrected chi connectivity index (χ4v) is 1.38. The first-order chi connectivity index (χ1) is 9.11. The zero-order chi connectivity index (χ0) is 13.8. The summed E-state index contributed by atoms with van der Waals surface area (Å²) in [6.07, 6.45) is 1.22. The van der Waals surface area contributed by atoms with Gasteiger partial charge in [-0.3, -0.25) is 0 Å². The Labute approximate surface area is 111 Å². The second-order valence-electron chi connectivity index (χ2n) is 3.33. The van der Waals surface area contributed by atoms with E-state index in [2.05, 4.69) is 25.9 Å². The molecule has 1 aromatic heterocycles. The molecule has 96 valence electrons. The van der Waals surface area contributed by atoms with Crippen molar-refractivity contribution in [2.24, 2.45) is 0 Å². The molecular weight excluding hydrogens is 275 g/mol. The smallest absolute Gasteiger partial charge is 0.216 e.